The molecule has 1 heterocycles. The highest BCUT2D eigenvalue weighted by atomic mass is 35.5. The molecule has 1 fully saturated rings. The second-order valence-electron chi connectivity index (χ2n) is 7.57. The van der Waals surface area contributed by atoms with Gasteiger partial charge in [-0.2, -0.15) is 0 Å². The Balaban J connectivity index is 2.17. The number of phenolic OH excluding ortho intramolecular Hbond substituents is 1. The molecule has 2 N–H and O–H groups in total. The van der Waals surface area contributed by atoms with Gasteiger partial charge in [0.15, 0.2) is 0 Å². The van der Waals surface area contributed by atoms with Crippen molar-refractivity contribution in [2.45, 2.75) is 6.04 Å². The van der Waals surface area contributed by atoms with Gasteiger partial charge in [-0.25, -0.2) is 4.79 Å². The van der Waals surface area contributed by atoms with Crippen molar-refractivity contribution in [2.75, 3.05) is 34.3 Å². The Labute approximate surface area is 190 Å². The fraction of sp³-hybridized carbons (Fsp3) is 0.261. The van der Waals surface area contributed by atoms with E-state index in [9.17, 15) is 24.6 Å². The fourth-order valence-electron chi connectivity index (χ4n) is 3.53. The maximum atomic E-state index is 13.0. The van der Waals surface area contributed by atoms with E-state index in [1.165, 1.54) is 42.3 Å². The van der Waals surface area contributed by atoms with Gasteiger partial charge in [-0.1, -0.05) is 23.7 Å². The molecule has 0 saturated carbocycles. The van der Waals surface area contributed by atoms with Gasteiger partial charge < -0.3 is 24.7 Å². The number of nitrogens with zero attached hydrogens (tertiary/aromatic N) is 2. The van der Waals surface area contributed by atoms with Gasteiger partial charge in [0.05, 0.1) is 29.9 Å². The van der Waals surface area contributed by atoms with Gasteiger partial charge in [0, 0.05) is 18.1 Å². The van der Waals surface area contributed by atoms with Crippen LogP contribution in [0.2, 0.25) is 5.02 Å². The highest BCUT2D eigenvalue weighted by Crippen LogP contribution is 2.41. The van der Waals surface area contributed by atoms with Crippen LogP contribution in [0.25, 0.3) is 5.76 Å². The zero-order chi connectivity index (χ0) is 23.6. The van der Waals surface area contributed by atoms with Crippen molar-refractivity contribution in [3.63, 3.8) is 0 Å². The van der Waals surface area contributed by atoms with Gasteiger partial charge in [-0.3, -0.25) is 9.59 Å². The number of aliphatic hydroxyl groups excluding tert-OH is 1. The maximum Gasteiger partial charge on any atom is 0.337 e. The van der Waals surface area contributed by atoms with Crippen LogP contribution in [-0.4, -0.2) is 72.0 Å². The number of rotatable bonds is 6. The van der Waals surface area contributed by atoms with Crippen LogP contribution >= 0.6 is 11.6 Å². The number of ketones is 1. The van der Waals surface area contributed by atoms with Crippen LogP contribution in [0.15, 0.2) is 48.0 Å². The van der Waals surface area contributed by atoms with Crippen LogP contribution in [0.3, 0.4) is 0 Å². The average Bonchev–Trinajstić information content (AvgIpc) is 3.03. The number of carbonyl (C=O) groups excluding carboxylic acids is 3. The molecular formula is C23H23ClN2O6. The molecule has 0 radical (unpaired) electrons. The summed E-state index contributed by atoms with van der Waals surface area (Å²) in [5, 5.41) is 21.5. The van der Waals surface area contributed by atoms with Gasteiger partial charge in [0.2, 0.25) is 0 Å². The summed E-state index contributed by atoms with van der Waals surface area (Å²) in [4.78, 5) is 40.8. The van der Waals surface area contributed by atoms with Crippen LogP contribution in [-0.2, 0) is 14.3 Å². The number of methoxy groups -OCH3 is 1. The Morgan fingerprint density at radius 3 is 2.41 bits per heavy atom. The summed E-state index contributed by atoms with van der Waals surface area (Å²) in [5.41, 5.74) is 0.587. The Bertz CT molecular complexity index is 1090. The molecule has 1 atom stereocenters. The lowest BCUT2D eigenvalue weighted by Gasteiger charge is -2.26. The summed E-state index contributed by atoms with van der Waals surface area (Å²) in [6, 6.07) is 9.35. The van der Waals surface area contributed by atoms with E-state index >= 15 is 0 Å². The van der Waals surface area contributed by atoms with E-state index < -0.39 is 29.5 Å². The van der Waals surface area contributed by atoms with Crippen molar-refractivity contribution >= 4 is 35.0 Å². The summed E-state index contributed by atoms with van der Waals surface area (Å²) < 4.78 is 4.71. The molecule has 168 valence electrons. The Hall–Kier alpha value is -3.36. The first kappa shape index (κ1) is 23.3. The van der Waals surface area contributed by atoms with Crippen LogP contribution in [0.1, 0.15) is 27.5 Å². The van der Waals surface area contributed by atoms with Gasteiger partial charge >= 0.3 is 5.97 Å². The molecule has 8 nitrogen and oxygen atoms in total. The highest BCUT2D eigenvalue weighted by Gasteiger charge is 2.46. The van der Waals surface area contributed by atoms with E-state index in [1.54, 1.807) is 12.1 Å². The smallest absolute Gasteiger partial charge is 0.337 e. The quantitative estimate of drug-likeness (QED) is 0.296. The SMILES string of the molecule is COC(=O)c1ccc([C@@H]2C(=C(O)c3cc(Cl)ccc3O)C(=O)C(=O)N2CCN(C)C)cc1. The molecule has 1 aliphatic rings. The highest BCUT2D eigenvalue weighted by molar-refractivity contribution is 6.46. The van der Waals surface area contributed by atoms with E-state index in [-0.39, 0.29) is 28.5 Å². The number of hydrogen-bond acceptors (Lipinski definition) is 7. The summed E-state index contributed by atoms with van der Waals surface area (Å²) >= 11 is 6.00. The number of ether oxygens (including phenoxy) is 1. The van der Waals surface area contributed by atoms with Crippen LogP contribution < -0.4 is 0 Å². The molecule has 0 aromatic heterocycles. The Kier molecular flexibility index (Phi) is 6.86. The largest absolute Gasteiger partial charge is 0.507 e. The first-order valence-corrected chi connectivity index (χ1v) is 10.1. The Morgan fingerprint density at radius 1 is 1.16 bits per heavy atom. The first-order valence-electron chi connectivity index (χ1n) is 9.76. The molecule has 0 unspecified atom stereocenters. The van der Waals surface area contributed by atoms with E-state index in [0.717, 1.165) is 0 Å². The number of halogens is 1. The summed E-state index contributed by atoms with van der Waals surface area (Å²) in [6.07, 6.45) is 0. The topological polar surface area (TPSA) is 107 Å². The number of aromatic hydroxyl groups is 1. The number of likely N-dealkylation sites (tertiary alicyclic amines) is 1. The lowest BCUT2D eigenvalue weighted by atomic mass is 9.94. The number of Topliss-reactive ketones (excluding diaryl/α,β-unsaturated/α-hetero) is 1. The number of amides is 1. The van der Waals surface area contributed by atoms with E-state index in [0.29, 0.717) is 17.7 Å². The molecule has 1 aliphatic heterocycles. The molecular weight excluding hydrogens is 436 g/mol. The molecule has 2 aromatic carbocycles. The Morgan fingerprint density at radius 2 is 1.81 bits per heavy atom. The number of carbonyl (C=O) groups is 3. The van der Waals surface area contributed by atoms with E-state index in [2.05, 4.69) is 0 Å². The zero-order valence-corrected chi connectivity index (χ0v) is 18.6. The first-order chi connectivity index (χ1) is 15.1. The predicted molar refractivity (Wildman–Crippen MR) is 118 cm³/mol. The third-order valence-corrected chi connectivity index (χ3v) is 5.42. The van der Waals surface area contributed by atoms with Crippen molar-refractivity contribution in [1.82, 2.24) is 9.80 Å². The van der Waals surface area contributed by atoms with Gasteiger partial charge in [0.1, 0.15) is 11.5 Å². The number of aliphatic hydroxyl groups is 1. The van der Waals surface area contributed by atoms with Crippen LogP contribution in [0.5, 0.6) is 5.75 Å². The summed E-state index contributed by atoms with van der Waals surface area (Å²) in [7, 11) is 4.94. The molecule has 3 rings (SSSR count). The van der Waals surface area contributed by atoms with Crippen molar-refractivity contribution in [1.29, 1.82) is 0 Å². The number of likely N-dealkylation sites (N-methyl/N-ethyl adjacent to an activating group) is 1. The number of hydrogen-bond donors (Lipinski definition) is 2. The standard InChI is InChI=1S/C23H23ClN2O6/c1-25(2)10-11-26-19(13-4-6-14(7-5-13)23(31)32-3)18(21(29)22(26)30)20(28)16-12-15(24)8-9-17(16)27/h4-9,12,19,27-28H,10-11H2,1-3H3/t19-/m1/s1. The third-order valence-electron chi connectivity index (χ3n) is 5.19. The predicted octanol–water partition coefficient (Wildman–Crippen LogP) is 2.82. The zero-order valence-electron chi connectivity index (χ0n) is 17.8. The molecule has 0 aliphatic carbocycles. The van der Waals surface area contributed by atoms with Crippen LogP contribution in [0.4, 0.5) is 0 Å². The molecule has 2 aromatic rings. The minimum Gasteiger partial charge on any atom is -0.507 e. The number of phenols is 1. The van der Waals surface area contributed by atoms with Gasteiger partial charge in [-0.05, 0) is 50.0 Å². The van der Waals surface area contributed by atoms with E-state index in [1.807, 2.05) is 19.0 Å². The molecule has 0 bridgehead atoms. The molecule has 9 heteroatoms. The number of esters is 1. The number of benzene rings is 2. The summed E-state index contributed by atoms with van der Waals surface area (Å²) in [6.45, 7) is 0.700. The normalized spacial score (nSPS) is 17.8. The van der Waals surface area contributed by atoms with Gasteiger partial charge in [-0.15, -0.1) is 0 Å². The van der Waals surface area contributed by atoms with Gasteiger partial charge in [0.25, 0.3) is 11.7 Å². The molecule has 32 heavy (non-hydrogen) atoms. The molecule has 0 spiro atoms. The van der Waals surface area contributed by atoms with Crippen molar-refractivity contribution in [3.8, 4) is 5.75 Å². The summed E-state index contributed by atoms with van der Waals surface area (Å²) in [5.74, 6) is -2.98. The maximum absolute atomic E-state index is 13.0. The minimum absolute atomic E-state index is 0.0562. The third kappa shape index (κ3) is 4.46. The lowest BCUT2D eigenvalue weighted by molar-refractivity contribution is -0.140. The van der Waals surface area contributed by atoms with E-state index in [4.69, 9.17) is 16.3 Å². The lowest BCUT2D eigenvalue weighted by Crippen LogP contribution is -2.35. The second kappa shape index (κ2) is 9.42. The average molecular weight is 459 g/mol. The second-order valence-corrected chi connectivity index (χ2v) is 8.01. The van der Waals surface area contributed by atoms with Crippen molar-refractivity contribution in [2.24, 2.45) is 0 Å². The minimum atomic E-state index is -0.917. The van der Waals surface area contributed by atoms with Crippen LogP contribution in [0, 0.1) is 0 Å². The monoisotopic (exact) mass is 458 g/mol. The fourth-order valence-corrected chi connectivity index (χ4v) is 3.70. The molecule has 1 amide bonds. The molecule has 1 saturated heterocycles. The van der Waals surface area contributed by atoms with Crippen molar-refractivity contribution in [3.05, 3.63) is 69.8 Å². The van der Waals surface area contributed by atoms with Crippen molar-refractivity contribution < 1.29 is 29.3 Å².